The number of amides is 1. The van der Waals surface area contributed by atoms with E-state index >= 15 is 0 Å². The summed E-state index contributed by atoms with van der Waals surface area (Å²) in [5, 5.41) is 6.90. The van der Waals surface area contributed by atoms with Gasteiger partial charge < -0.3 is 9.84 Å². The van der Waals surface area contributed by atoms with Gasteiger partial charge in [-0.2, -0.15) is 4.98 Å². The van der Waals surface area contributed by atoms with Gasteiger partial charge in [-0.05, 0) is 31.6 Å². The molecule has 0 spiro atoms. The van der Waals surface area contributed by atoms with Crippen LogP contribution in [0.2, 0.25) is 0 Å². The van der Waals surface area contributed by atoms with E-state index in [0.29, 0.717) is 19.0 Å². The Hall–Kier alpha value is -2.32. The van der Waals surface area contributed by atoms with Gasteiger partial charge in [-0.25, -0.2) is 0 Å². The molecular formula is C17H24N6O2. The smallest absolute Gasteiger partial charge is 0.238 e. The van der Waals surface area contributed by atoms with Crippen LogP contribution in [0.15, 0.2) is 29.0 Å². The summed E-state index contributed by atoms with van der Waals surface area (Å²) in [6.45, 7) is 6.69. The zero-order valence-electron chi connectivity index (χ0n) is 14.5. The fraction of sp³-hybridized carbons (Fsp3) is 0.529. The second kappa shape index (κ2) is 8.68. The van der Waals surface area contributed by atoms with Gasteiger partial charge in [0.1, 0.15) is 0 Å². The molecule has 0 unspecified atom stereocenters. The molecule has 2 aromatic heterocycles. The zero-order chi connectivity index (χ0) is 17.5. The normalized spacial score (nSPS) is 16.5. The van der Waals surface area contributed by atoms with E-state index in [1.54, 1.807) is 18.5 Å². The number of pyridine rings is 1. The van der Waals surface area contributed by atoms with Crippen molar-refractivity contribution in [3.63, 3.8) is 0 Å². The first-order chi connectivity index (χ1) is 12.2. The van der Waals surface area contributed by atoms with Crippen LogP contribution in [0.5, 0.6) is 0 Å². The molecule has 0 saturated carbocycles. The van der Waals surface area contributed by atoms with Crippen LogP contribution in [0.1, 0.15) is 25.1 Å². The van der Waals surface area contributed by atoms with Gasteiger partial charge in [-0.15, -0.1) is 0 Å². The average molecular weight is 344 g/mol. The summed E-state index contributed by atoms with van der Waals surface area (Å²) in [7, 11) is 0. The highest BCUT2D eigenvalue weighted by Crippen LogP contribution is 2.08. The first-order valence-electron chi connectivity index (χ1n) is 8.69. The number of nitrogens with zero attached hydrogens (tertiary/aromatic N) is 5. The summed E-state index contributed by atoms with van der Waals surface area (Å²) in [6.07, 6.45) is 5.11. The minimum Gasteiger partial charge on any atom is -0.339 e. The highest BCUT2D eigenvalue weighted by Gasteiger charge is 2.18. The van der Waals surface area contributed by atoms with E-state index in [1.807, 2.05) is 13.0 Å². The minimum atomic E-state index is -0.00722. The van der Waals surface area contributed by atoms with E-state index in [9.17, 15) is 4.79 Å². The van der Waals surface area contributed by atoms with Gasteiger partial charge in [0.05, 0.1) is 25.0 Å². The van der Waals surface area contributed by atoms with Crippen molar-refractivity contribution < 1.29 is 9.32 Å². The number of aryl methyl sites for hydroxylation is 1. The maximum Gasteiger partial charge on any atom is 0.238 e. The van der Waals surface area contributed by atoms with Crippen molar-refractivity contribution in [3.05, 3.63) is 36.2 Å². The number of hydrogen-bond acceptors (Lipinski definition) is 7. The Kier molecular flexibility index (Phi) is 6.08. The van der Waals surface area contributed by atoms with Crippen LogP contribution < -0.4 is 5.32 Å². The van der Waals surface area contributed by atoms with Gasteiger partial charge in [-0.3, -0.25) is 19.6 Å². The van der Waals surface area contributed by atoms with Crippen molar-refractivity contribution in [3.8, 4) is 0 Å². The van der Waals surface area contributed by atoms with Gasteiger partial charge in [0.15, 0.2) is 5.82 Å². The lowest BCUT2D eigenvalue weighted by molar-refractivity contribution is -0.117. The molecule has 0 atom stereocenters. The Morgan fingerprint density at radius 2 is 2.12 bits per heavy atom. The molecule has 0 aromatic carbocycles. The Morgan fingerprint density at radius 3 is 2.88 bits per heavy atom. The molecule has 8 heteroatoms. The zero-order valence-corrected chi connectivity index (χ0v) is 14.5. The van der Waals surface area contributed by atoms with Crippen LogP contribution in [0.25, 0.3) is 0 Å². The molecule has 1 saturated heterocycles. The molecule has 2 aromatic rings. The quantitative estimate of drug-likeness (QED) is 0.842. The van der Waals surface area contributed by atoms with Crippen LogP contribution in [-0.4, -0.2) is 63.6 Å². The summed E-state index contributed by atoms with van der Waals surface area (Å²) < 4.78 is 5.16. The Morgan fingerprint density at radius 1 is 1.28 bits per heavy atom. The molecule has 3 rings (SSSR count). The maximum atomic E-state index is 12.2. The number of nitrogens with one attached hydrogen (secondary N) is 1. The third-order valence-electron chi connectivity index (χ3n) is 4.17. The van der Waals surface area contributed by atoms with Gasteiger partial charge in [0.25, 0.3) is 0 Å². The van der Waals surface area contributed by atoms with Crippen LogP contribution in [0, 0.1) is 0 Å². The van der Waals surface area contributed by atoms with E-state index < -0.39 is 0 Å². The summed E-state index contributed by atoms with van der Waals surface area (Å²) in [5.74, 6) is 1.41. The maximum absolute atomic E-state index is 12.2. The first-order valence-corrected chi connectivity index (χ1v) is 8.69. The SMILES string of the molecule is CCc1nc(CN2CCCN(CC(=O)Nc3cccnc3)CC2)no1. The summed E-state index contributed by atoms with van der Waals surface area (Å²) in [4.78, 5) is 25.0. The van der Waals surface area contributed by atoms with Crippen molar-refractivity contribution in [2.45, 2.75) is 26.3 Å². The van der Waals surface area contributed by atoms with Gasteiger partial charge in [-0.1, -0.05) is 12.1 Å². The molecule has 134 valence electrons. The second-order valence-electron chi connectivity index (χ2n) is 6.15. The number of aromatic nitrogens is 3. The highest BCUT2D eigenvalue weighted by molar-refractivity contribution is 5.92. The predicted molar refractivity (Wildman–Crippen MR) is 92.9 cm³/mol. The van der Waals surface area contributed by atoms with E-state index in [1.165, 1.54) is 0 Å². The van der Waals surface area contributed by atoms with Crippen molar-refractivity contribution >= 4 is 11.6 Å². The third kappa shape index (κ3) is 5.33. The highest BCUT2D eigenvalue weighted by atomic mass is 16.5. The molecule has 3 heterocycles. The average Bonchev–Trinajstić information content (AvgIpc) is 2.96. The lowest BCUT2D eigenvalue weighted by Gasteiger charge is -2.20. The van der Waals surface area contributed by atoms with E-state index in [4.69, 9.17) is 4.52 Å². The van der Waals surface area contributed by atoms with Gasteiger partial charge in [0, 0.05) is 25.7 Å². The van der Waals surface area contributed by atoms with Gasteiger partial charge >= 0.3 is 0 Å². The van der Waals surface area contributed by atoms with Crippen LogP contribution in [0.3, 0.4) is 0 Å². The number of rotatable bonds is 6. The van der Waals surface area contributed by atoms with E-state index in [-0.39, 0.29) is 5.91 Å². The lowest BCUT2D eigenvalue weighted by Crippen LogP contribution is -2.36. The molecule has 0 aliphatic carbocycles. The minimum absolute atomic E-state index is 0.00722. The Balaban J connectivity index is 1.45. The van der Waals surface area contributed by atoms with Crippen LogP contribution >= 0.6 is 0 Å². The molecule has 25 heavy (non-hydrogen) atoms. The molecule has 1 N–H and O–H groups in total. The molecule has 0 bridgehead atoms. The number of anilines is 1. The topological polar surface area (TPSA) is 87.4 Å². The van der Waals surface area contributed by atoms with Gasteiger partial charge in [0.2, 0.25) is 11.8 Å². The lowest BCUT2D eigenvalue weighted by atomic mass is 10.3. The largest absolute Gasteiger partial charge is 0.339 e. The molecule has 1 aliphatic heterocycles. The van der Waals surface area contributed by atoms with Crippen molar-refractivity contribution in [2.75, 3.05) is 38.0 Å². The Labute approximate surface area is 147 Å². The van der Waals surface area contributed by atoms with E-state index in [0.717, 1.165) is 50.5 Å². The van der Waals surface area contributed by atoms with Crippen LogP contribution in [0.4, 0.5) is 5.69 Å². The predicted octanol–water partition coefficient (Wildman–Crippen LogP) is 1.17. The summed E-state index contributed by atoms with van der Waals surface area (Å²) >= 11 is 0. The van der Waals surface area contributed by atoms with Crippen molar-refractivity contribution in [1.82, 2.24) is 24.9 Å². The number of carbonyl (C=O) groups excluding carboxylic acids is 1. The fourth-order valence-corrected chi connectivity index (χ4v) is 2.88. The third-order valence-corrected chi connectivity index (χ3v) is 4.17. The molecule has 1 fully saturated rings. The molecule has 0 radical (unpaired) electrons. The standard InChI is InChI=1S/C17H24N6O2/c1-2-17-20-15(21-25-17)12-22-7-4-8-23(10-9-22)13-16(24)19-14-5-3-6-18-11-14/h3,5-6,11H,2,4,7-10,12-13H2,1H3,(H,19,24). The molecule has 1 amide bonds. The number of hydrogen-bond donors (Lipinski definition) is 1. The second-order valence-corrected chi connectivity index (χ2v) is 6.15. The molecule has 8 nitrogen and oxygen atoms in total. The number of carbonyl (C=O) groups is 1. The summed E-state index contributed by atoms with van der Waals surface area (Å²) in [6, 6.07) is 3.64. The van der Waals surface area contributed by atoms with Crippen molar-refractivity contribution in [2.24, 2.45) is 0 Å². The van der Waals surface area contributed by atoms with Crippen molar-refractivity contribution in [1.29, 1.82) is 0 Å². The molecule has 1 aliphatic rings. The molecular weight excluding hydrogens is 320 g/mol. The summed E-state index contributed by atoms with van der Waals surface area (Å²) in [5.41, 5.74) is 0.729. The Bertz CT molecular complexity index is 675. The van der Waals surface area contributed by atoms with Crippen LogP contribution in [-0.2, 0) is 17.8 Å². The van der Waals surface area contributed by atoms with E-state index in [2.05, 4.69) is 30.2 Å². The monoisotopic (exact) mass is 344 g/mol. The first kappa shape index (κ1) is 17.5. The fourth-order valence-electron chi connectivity index (χ4n) is 2.88.